The largest absolute Gasteiger partial charge is 0.392 e. The standard InChI is InChI=1S/C13H25NO/c1-11(2)7-8-14-10-13(15)9-12-5-3-4-6-12/h7,12-15H,3-6,8-10H2,1-2H3. The summed E-state index contributed by atoms with van der Waals surface area (Å²) in [4.78, 5) is 0. The van der Waals surface area contributed by atoms with Crippen LogP contribution in [-0.2, 0) is 0 Å². The van der Waals surface area contributed by atoms with Gasteiger partial charge in [0.25, 0.3) is 0 Å². The van der Waals surface area contributed by atoms with E-state index in [1.807, 2.05) is 0 Å². The number of aliphatic hydroxyl groups excluding tert-OH is 1. The van der Waals surface area contributed by atoms with E-state index in [-0.39, 0.29) is 6.10 Å². The molecule has 0 aromatic rings. The fourth-order valence-corrected chi connectivity index (χ4v) is 2.24. The normalized spacial score (nSPS) is 19.1. The molecule has 0 heterocycles. The number of rotatable bonds is 6. The second-order valence-corrected chi connectivity index (χ2v) is 4.98. The minimum Gasteiger partial charge on any atom is -0.392 e. The molecule has 1 saturated carbocycles. The zero-order chi connectivity index (χ0) is 11.1. The van der Waals surface area contributed by atoms with Crippen molar-refractivity contribution in [1.29, 1.82) is 0 Å². The average Bonchev–Trinajstić information content (AvgIpc) is 2.64. The summed E-state index contributed by atoms with van der Waals surface area (Å²) in [5.41, 5.74) is 1.33. The number of aliphatic hydroxyl groups is 1. The first-order chi connectivity index (χ1) is 7.18. The maximum atomic E-state index is 9.79. The fraction of sp³-hybridized carbons (Fsp3) is 0.846. The molecule has 2 nitrogen and oxygen atoms in total. The summed E-state index contributed by atoms with van der Waals surface area (Å²) in [6.45, 7) is 5.80. The van der Waals surface area contributed by atoms with Crippen molar-refractivity contribution in [1.82, 2.24) is 5.32 Å². The van der Waals surface area contributed by atoms with Crippen LogP contribution in [0, 0.1) is 5.92 Å². The molecule has 1 rings (SSSR count). The molecule has 15 heavy (non-hydrogen) atoms. The van der Waals surface area contributed by atoms with E-state index in [2.05, 4.69) is 25.2 Å². The lowest BCUT2D eigenvalue weighted by Crippen LogP contribution is -2.28. The smallest absolute Gasteiger partial charge is 0.0667 e. The molecular weight excluding hydrogens is 186 g/mol. The molecule has 0 spiro atoms. The summed E-state index contributed by atoms with van der Waals surface area (Å²) in [5.74, 6) is 0.783. The lowest BCUT2D eigenvalue weighted by atomic mass is 10.0. The van der Waals surface area contributed by atoms with Crippen LogP contribution in [0.4, 0.5) is 0 Å². The molecule has 0 aliphatic heterocycles. The number of allylic oxidation sites excluding steroid dienone is 1. The van der Waals surface area contributed by atoms with E-state index in [0.717, 1.165) is 25.4 Å². The van der Waals surface area contributed by atoms with Crippen LogP contribution in [0.25, 0.3) is 0 Å². The van der Waals surface area contributed by atoms with Gasteiger partial charge < -0.3 is 10.4 Å². The van der Waals surface area contributed by atoms with E-state index in [4.69, 9.17) is 0 Å². The lowest BCUT2D eigenvalue weighted by molar-refractivity contribution is 0.142. The van der Waals surface area contributed by atoms with E-state index in [1.54, 1.807) is 0 Å². The number of hydrogen-bond donors (Lipinski definition) is 2. The summed E-state index contributed by atoms with van der Waals surface area (Å²) in [5, 5.41) is 13.1. The third-order valence-corrected chi connectivity index (χ3v) is 3.11. The third kappa shape index (κ3) is 5.95. The van der Waals surface area contributed by atoms with E-state index < -0.39 is 0 Å². The molecule has 1 fully saturated rings. The van der Waals surface area contributed by atoms with Crippen molar-refractivity contribution < 1.29 is 5.11 Å². The summed E-state index contributed by atoms with van der Waals surface area (Å²) in [7, 11) is 0. The van der Waals surface area contributed by atoms with Crippen molar-refractivity contribution in [2.75, 3.05) is 13.1 Å². The van der Waals surface area contributed by atoms with Crippen LogP contribution in [0.5, 0.6) is 0 Å². The minimum atomic E-state index is -0.154. The maximum Gasteiger partial charge on any atom is 0.0667 e. The zero-order valence-corrected chi connectivity index (χ0v) is 10.1. The predicted molar refractivity (Wildman–Crippen MR) is 64.9 cm³/mol. The van der Waals surface area contributed by atoms with E-state index >= 15 is 0 Å². The number of nitrogens with one attached hydrogen (secondary N) is 1. The van der Waals surface area contributed by atoms with Crippen molar-refractivity contribution in [3.8, 4) is 0 Å². The molecular formula is C13H25NO. The Hall–Kier alpha value is -0.340. The third-order valence-electron chi connectivity index (χ3n) is 3.11. The molecule has 0 radical (unpaired) electrons. The van der Waals surface area contributed by atoms with Gasteiger partial charge in [-0.15, -0.1) is 0 Å². The molecule has 0 aromatic carbocycles. The molecule has 0 aromatic heterocycles. The van der Waals surface area contributed by atoms with E-state index in [9.17, 15) is 5.11 Å². The van der Waals surface area contributed by atoms with Gasteiger partial charge in [0.15, 0.2) is 0 Å². The molecule has 0 amide bonds. The van der Waals surface area contributed by atoms with E-state index in [0.29, 0.717) is 0 Å². The van der Waals surface area contributed by atoms with Gasteiger partial charge >= 0.3 is 0 Å². The van der Waals surface area contributed by atoms with Crippen molar-refractivity contribution in [3.05, 3.63) is 11.6 Å². The van der Waals surface area contributed by atoms with Gasteiger partial charge in [0.2, 0.25) is 0 Å². The van der Waals surface area contributed by atoms with Crippen LogP contribution in [-0.4, -0.2) is 24.3 Å². The average molecular weight is 211 g/mol. The van der Waals surface area contributed by atoms with Crippen LogP contribution in [0.2, 0.25) is 0 Å². The monoisotopic (exact) mass is 211 g/mol. The van der Waals surface area contributed by atoms with Crippen molar-refractivity contribution >= 4 is 0 Å². The second-order valence-electron chi connectivity index (χ2n) is 4.98. The molecule has 1 aliphatic carbocycles. The highest BCUT2D eigenvalue weighted by atomic mass is 16.3. The highest BCUT2D eigenvalue weighted by molar-refractivity contribution is 4.94. The van der Waals surface area contributed by atoms with Gasteiger partial charge in [0, 0.05) is 13.1 Å². The Bertz CT molecular complexity index is 191. The zero-order valence-electron chi connectivity index (χ0n) is 10.1. The topological polar surface area (TPSA) is 32.3 Å². The SMILES string of the molecule is CC(C)=CCNCC(O)CC1CCCC1. The molecule has 88 valence electrons. The van der Waals surface area contributed by atoms with Crippen LogP contribution in [0.15, 0.2) is 11.6 Å². The van der Waals surface area contributed by atoms with E-state index in [1.165, 1.54) is 31.3 Å². The maximum absolute atomic E-state index is 9.79. The van der Waals surface area contributed by atoms with Crippen LogP contribution >= 0.6 is 0 Å². The minimum absolute atomic E-state index is 0.154. The summed E-state index contributed by atoms with van der Waals surface area (Å²) < 4.78 is 0. The first-order valence-electron chi connectivity index (χ1n) is 6.20. The van der Waals surface area contributed by atoms with Gasteiger partial charge in [-0.1, -0.05) is 37.3 Å². The van der Waals surface area contributed by atoms with Gasteiger partial charge in [-0.3, -0.25) is 0 Å². The summed E-state index contributed by atoms with van der Waals surface area (Å²) in [6.07, 6.45) is 8.37. The molecule has 0 bridgehead atoms. The van der Waals surface area contributed by atoms with Crippen molar-refractivity contribution in [3.63, 3.8) is 0 Å². The van der Waals surface area contributed by atoms with Gasteiger partial charge in [-0.05, 0) is 26.2 Å². The molecule has 0 saturated heterocycles. The lowest BCUT2D eigenvalue weighted by Gasteiger charge is -2.15. The Kier molecular flexibility index (Phi) is 5.96. The van der Waals surface area contributed by atoms with Crippen LogP contribution in [0.3, 0.4) is 0 Å². The second kappa shape index (κ2) is 7.02. The van der Waals surface area contributed by atoms with Gasteiger partial charge in [-0.2, -0.15) is 0 Å². The summed E-state index contributed by atoms with van der Waals surface area (Å²) in [6, 6.07) is 0. The van der Waals surface area contributed by atoms with Gasteiger partial charge in [0.05, 0.1) is 6.10 Å². The Morgan fingerprint density at radius 2 is 2.07 bits per heavy atom. The Morgan fingerprint density at radius 3 is 2.67 bits per heavy atom. The first-order valence-corrected chi connectivity index (χ1v) is 6.20. The molecule has 1 aliphatic rings. The Balaban J connectivity index is 2.02. The summed E-state index contributed by atoms with van der Waals surface area (Å²) >= 11 is 0. The Morgan fingerprint density at radius 1 is 1.40 bits per heavy atom. The molecule has 2 heteroatoms. The highest BCUT2D eigenvalue weighted by Gasteiger charge is 2.18. The molecule has 1 atom stereocenters. The Labute approximate surface area is 93.8 Å². The molecule has 2 N–H and O–H groups in total. The van der Waals surface area contributed by atoms with Gasteiger partial charge in [0.1, 0.15) is 0 Å². The first kappa shape index (κ1) is 12.7. The fourth-order valence-electron chi connectivity index (χ4n) is 2.24. The van der Waals surface area contributed by atoms with Crippen molar-refractivity contribution in [2.24, 2.45) is 5.92 Å². The molecule has 1 unspecified atom stereocenters. The van der Waals surface area contributed by atoms with Crippen LogP contribution < -0.4 is 5.32 Å². The van der Waals surface area contributed by atoms with Crippen LogP contribution in [0.1, 0.15) is 46.0 Å². The highest BCUT2D eigenvalue weighted by Crippen LogP contribution is 2.28. The van der Waals surface area contributed by atoms with Crippen molar-refractivity contribution in [2.45, 2.75) is 52.1 Å². The predicted octanol–water partition coefficient (Wildman–Crippen LogP) is 2.48. The quantitative estimate of drug-likeness (QED) is 0.522. The van der Waals surface area contributed by atoms with Gasteiger partial charge in [-0.25, -0.2) is 0 Å². The number of hydrogen-bond acceptors (Lipinski definition) is 2.